The van der Waals surface area contributed by atoms with Gasteiger partial charge in [0.05, 0.1) is 19.3 Å². The van der Waals surface area contributed by atoms with Crippen molar-refractivity contribution in [1.82, 2.24) is 0 Å². The lowest BCUT2D eigenvalue weighted by atomic mass is 9.96. The van der Waals surface area contributed by atoms with E-state index in [-0.39, 0.29) is 0 Å². The summed E-state index contributed by atoms with van der Waals surface area (Å²) in [6, 6.07) is 0. The first-order valence-corrected chi connectivity index (χ1v) is 12.7. The molecule has 0 aromatic rings. The highest BCUT2D eigenvalue weighted by Crippen LogP contribution is 2.42. The van der Waals surface area contributed by atoms with Gasteiger partial charge in [-0.15, -0.1) is 0 Å². The molecule has 1 unspecified atom stereocenters. The minimum Gasteiger partial charge on any atom is -0.394 e. The molecule has 19 heteroatoms. The van der Waals surface area contributed by atoms with Crippen LogP contribution in [0.2, 0.25) is 0 Å². The molecule has 0 spiro atoms. The van der Waals surface area contributed by atoms with E-state index in [9.17, 15) is 50.5 Å². The molecule has 18 nitrogen and oxygen atoms in total. The van der Waals surface area contributed by atoms with Crippen molar-refractivity contribution in [3.05, 3.63) is 0 Å². The molecule has 0 radical (unpaired) electrons. The van der Waals surface area contributed by atoms with Crippen LogP contribution in [0.1, 0.15) is 6.92 Å². The molecule has 15 atom stereocenters. The lowest BCUT2D eigenvalue weighted by Gasteiger charge is -2.48. The molecule has 0 aromatic carbocycles. The van der Waals surface area contributed by atoms with E-state index in [4.69, 9.17) is 33.5 Å². The molecule has 0 amide bonds. The van der Waals surface area contributed by atoms with Gasteiger partial charge in [0.1, 0.15) is 67.1 Å². The summed E-state index contributed by atoms with van der Waals surface area (Å²) in [7, 11) is -5.26. The Balaban J connectivity index is 1.79. The van der Waals surface area contributed by atoms with Crippen LogP contribution in [0.15, 0.2) is 0 Å². The van der Waals surface area contributed by atoms with Crippen LogP contribution >= 0.6 is 7.82 Å². The SMILES string of the molecule is C[C@@H]1O[C@@H](O[C@H]2C(O)O[C@H](CO)[C@H](O[C@@H]3O[C@H](CO)[C@@H](O)[C@H](OP(=O)(O)O)[C@H]3O)[C@@H]2O)[C@H](O)[C@H](O)[C@H]1O. The van der Waals surface area contributed by atoms with Crippen molar-refractivity contribution in [1.29, 1.82) is 0 Å². The van der Waals surface area contributed by atoms with Crippen LogP contribution in [-0.4, -0.2) is 161 Å². The molecule has 3 aliphatic heterocycles. The van der Waals surface area contributed by atoms with E-state index in [2.05, 4.69) is 4.52 Å². The summed E-state index contributed by atoms with van der Waals surface area (Å²) in [6.45, 7) is -0.416. The Hall–Kier alpha value is -0.450. The van der Waals surface area contributed by atoms with Crippen LogP contribution in [0.5, 0.6) is 0 Å². The van der Waals surface area contributed by atoms with Crippen LogP contribution in [0.3, 0.4) is 0 Å². The van der Waals surface area contributed by atoms with Crippen molar-refractivity contribution in [3.8, 4) is 0 Å². The normalized spacial score (nSPS) is 49.7. The minimum absolute atomic E-state index is 0.868. The predicted molar refractivity (Wildman–Crippen MR) is 111 cm³/mol. The first-order valence-electron chi connectivity index (χ1n) is 11.2. The Morgan fingerprint density at radius 2 is 1.22 bits per heavy atom. The molecule has 218 valence electrons. The number of hydrogen-bond donors (Lipinski definition) is 11. The van der Waals surface area contributed by atoms with Gasteiger partial charge in [0.2, 0.25) is 0 Å². The maximum atomic E-state index is 11.3. The standard InChI is InChI=1S/C18H33O18P/c1-4-7(21)9(23)10(24)17(31-4)35-15-11(25)13(6(3-20)32-16(15)27)34-18-12(26)14(36-37(28,29)30)8(22)5(2-19)33-18/h4-27H,2-3H2,1H3,(H2,28,29,30)/t4-,5+,6+,7-,8+,9+,10+,11-,12+,13-,14-,15+,16?,17-,18-/m0/s1. The quantitative estimate of drug-likeness (QED) is 0.121. The molecule has 11 N–H and O–H groups in total. The maximum Gasteiger partial charge on any atom is 0.470 e. The van der Waals surface area contributed by atoms with Gasteiger partial charge in [0, 0.05) is 0 Å². The fourth-order valence-electron chi connectivity index (χ4n) is 4.26. The first kappa shape index (κ1) is 31.1. The van der Waals surface area contributed by atoms with Crippen molar-refractivity contribution in [3.63, 3.8) is 0 Å². The molecule has 0 bridgehead atoms. The highest BCUT2D eigenvalue weighted by atomic mass is 31.2. The van der Waals surface area contributed by atoms with E-state index < -0.39 is 113 Å². The monoisotopic (exact) mass is 568 g/mol. The predicted octanol–water partition coefficient (Wildman–Crippen LogP) is -6.43. The molecule has 3 rings (SSSR count). The molecule has 37 heavy (non-hydrogen) atoms. The number of hydrogen-bond acceptors (Lipinski definition) is 16. The number of rotatable bonds is 8. The van der Waals surface area contributed by atoms with Gasteiger partial charge < -0.3 is 79.4 Å². The van der Waals surface area contributed by atoms with E-state index >= 15 is 0 Å². The number of ether oxygens (including phenoxy) is 5. The van der Waals surface area contributed by atoms with Crippen molar-refractivity contribution < 1.29 is 88.5 Å². The molecule has 3 aliphatic rings. The van der Waals surface area contributed by atoms with Gasteiger partial charge in [-0.1, -0.05) is 0 Å². The van der Waals surface area contributed by atoms with E-state index in [1.807, 2.05) is 0 Å². The molecule has 0 aromatic heterocycles. The molecule has 3 saturated heterocycles. The Bertz CT molecular complexity index is 784. The second kappa shape index (κ2) is 12.4. The Labute approximate surface area is 209 Å². The molecular weight excluding hydrogens is 535 g/mol. The van der Waals surface area contributed by atoms with Gasteiger partial charge >= 0.3 is 7.82 Å². The van der Waals surface area contributed by atoms with Crippen LogP contribution in [0, 0.1) is 0 Å². The third kappa shape index (κ3) is 6.83. The van der Waals surface area contributed by atoms with Crippen LogP contribution in [0.25, 0.3) is 0 Å². The Morgan fingerprint density at radius 1 is 0.649 bits per heavy atom. The zero-order chi connectivity index (χ0) is 27.8. The first-order chi connectivity index (χ1) is 17.2. The van der Waals surface area contributed by atoms with Gasteiger partial charge in [-0.25, -0.2) is 4.57 Å². The summed E-state index contributed by atoms with van der Waals surface area (Å²) in [5.74, 6) is 0. The third-order valence-electron chi connectivity index (χ3n) is 6.29. The summed E-state index contributed by atoms with van der Waals surface area (Å²) >= 11 is 0. The van der Waals surface area contributed by atoms with Gasteiger partial charge in [0.15, 0.2) is 18.9 Å². The van der Waals surface area contributed by atoms with E-state index in [1.165, 1.54) is 6.92 Å². The molecule has 3 fully saturated rings. The summed E-state index contributed by atoms with van der Waals surface area (Å²) in [5, 5.41) is 91.0. The van der Waals surface area contributed by atoms with E-state index in [0.717, 1.165) is 0 Å². The average molecular weight is 568 g/mol. The van der Waals surface area contributed by atoms with Crippen molar-refractivity contribution in [2.45, 2.75) is 99.0 Å². The van der Waals surface area contributed by atoms with Gasteiger partial charge in [-0.05, 0) is 6.92 Å². The summed E-state index contributed by atoms with van der Waals surface area (Å²) in [6.07, 6.45) is -26.1. The largest absolute Gasteiger partial charge is 0.470 e. The van der Waals surface area contributed by atoms with E-state index in [0.29, 0.717) is 0 Å². The molecule has 0 aliphatic carbocycles. The maximum absolute atomic E-state index is 11.3. The van der Waals surface area contributed by atoms with Crippen LogP contribution < -0.4 is 0 Å². The van der Waals surface area contributed by atoms with Crippen molar-refractivity contribution >= 4 is 7.82 Å². The Morgan fingerprint density at radius 3 is 1.78 bits per heavy atom. The summed E-state index contributed by atoms with van der Waals surface area (Å²) in [4.78, 5) is 18.2. The zero-order valence-corrected chi connectivity index (χ0v) is 20.2. The Kier molecular flexibility index (Phi) is 10.4. The highest BCUT2D eigenvalue weighted by molar-refractivity contribution is 7.46. The van der Waals surface area contributed by atoms with Gasteiger partial charge in [0.25, 0.3) is 0 Å². The average Bonchev–Trinajstić information content (AvgIpc) is 2.83. The van der Waals surface area contributed by atoms with Crippen molar-refractivity contribution in [2.75, 3.05) is 13.2 Å². The highest BCUT2D eigenvalue weighted by Gasteiger charge is 2.54. The minimum atomic E-state index is -5.26. The molecule has 3 heterocycles. The second-order valence-corrected chi connectivity index (χ2v) is 10.1. The van der Waals surface area contributed by atoms with Gasteiger partial charge in [-0.3, -0.25) is 4.52 Å². The number of phosphoric ester groups is 1. The lowest BCUT2D eigenvalue weighted by Crippen LogP contribution is -2.66. The van der Waals surface area contributed by atoms with Crippen LogP contribution in [-0.2, 0) is 32.8 Å². The summed E-state index contributed by atoms with van der Waals surface area (Å²) in [5.41, 5.74) is 0. The molecule has 0 saturated carbocycles. The third-order valence-corrected chi connectivity index (χ3v) is 6.80. The second-order valence-electron chi connectivity index (χ2n) is 8.89. The smallest absolute Gasteiger partial charge is 0.394 e. The summed E-state index contributed by atoms with van der Waals surface area (Å²) < 4.78 is 42.3. The lowest BCUT2D eigenvalue weighted by molar-refractivity contribution is -0.380. The van der Waals surface area contributed by atoms with Gasteiger partial charge in [-0.2, -0.15) is 0 Å². The number of aliphatic hydroxyl groups excluding tert-OH is 9. The topological polar surface area (TPSA) is 295 Å². The van der Waals surface area contributed by atoms with E-state index in [1.54, 1.807) is 0 Å². The van der Waals surface area contributed by atoms with Crippen LogP contribution in [0.4, 0.5) is 0 Å². The molecular formula is C18H33O18P. The zero-order valence-electron chi connectivity index (χ0n) is 19.3. The fraction of sp³-hybridized carbons (Fsp3) is 1.00. The number of phosphoric acid groups is 1. The fourth-order valence-corrected chi connectivity index (χ4v) is 4.82. The van der Waals surface area contributed by atoms with Crippen molar-refractivity contribution in [2.24, 2.45) is 0 Å². The number of aliphatic hydroxyl groups is 9.